The lowest BCUT2D eigenvalue weighted by Crippen LogP contribution is -2.30. The van der Waals surface area contributed by atoms with Gasteiger partial charge in [0.25, 0.3) is 0 Å². The molecule has 0 heterocycles. The zero-order valence-electron chi connectivity index (χ0n) is 12.2. The molecule has 20 heavy (non-hydrogen) atoms. The third-order valence-electron chi connectivity index (χ3n) is 3.55. The Morgan fingerprint density at radius 3 is 2.10 bits per heavy atom. The molecule has 0 bridgehead atoms. The average molecular weight is 272 g/mol. The number of likely N-dealkylation sites (N-methyl/N-ethyl adjacent to an activating group) is 1. The Bertz CT molecular complexity index is 558. The molecule has 2 nitrogen and oxygen atoms in total. The minimum absolute atomic E-state index is 0.0825. The van der Waals surface area contributed by atoms with Crippen molar-refractivity contribution in [2.75, 3.05) is 18.5 Å². The van der Waals surface area contributed by atoms with Crippen molar-refractivity contribution in [2.24, 2.45) is 5.73 Å². The minimum Gasteiger partial charge on any atom is -0.366 e. The molecule has 0 radical (unpaired) electrons. The van der Waals surface area contributed by atoms with E-state index in [1.807, 2.05) is 7.05 Å². The highest BCUT2D eigenvalue weighted by Gasteiger charge is 2.16. The Hall–Kier alpha value is -1.87. The van der Waals surface area contributed by atoms with Gasteiger partial charge in [-0.25, -0.2) is 4.39 Å². The number of nitrogens with zero attached hydrogens (tertiary/aromatic N) is 1. The summed E-state index contributed by atoms with van der Waals surface area (Å²) >= 11 is 0. The molecular weight excluding hydrogens is 251 g/mol. The summed E-state index contributed by atoms with van der Waals surface area (Å²) in [4.78, 5) is 2.09. The first-order valence-electron chi connectivity index (χ1n) is 6.78. The number of hydrogen-bond acceptors (Lipinski definition) is 2. The van der Waals surface area contributed by atoms with E-state index < -0.39 is 0 Å². The lowest BCUT2D eigenvalue weighted by Gasteiger charge is -2.30. The van der Waals surface area contributed by atoms with E-state index >= 15 is 0 Å². The van der Waals surface area contributed by atoms with Crippen molar-refractivity contribution in [3.05, 3.63) is 65.0 Å². The molecule has 2 aromatic carbocycles. The van der Waals surface area contributed by atoms with Crippen LogP contribution in [0.4, 0.5) is 10.1 Å². The largest absolute Gasteiger partial charge is 0.366 e. The monoisotopic (exact) mass is 272 g/mol. The molecule has 0 fully saturated rings. The van der Waals surface area contributed by atoms with Crippen molar-refractivity contribution in [1.29, 1.82) is 0 Å². The second kappa shape index (κ2) is 6.06. The van der Waals surface area contributed by atoms with Gasteiger partial charge >= 0.3 is 0 Å². The van der Waals surface area contributed by atoms with E-state index in [1.165, 1.54) is 28.8 Å². The number of rotatable bonds is 4. The van der Waals surface area contributed by atoms with Crippen LogP contribution in [0.1, 0.15) is 22.7 Å². The van der Waals surface area contributed by atoms with E-state index in [9.17, 15) is 4.39 Å². The summed E-state index contributed by atoms with van der Waals surface area (Å²) in [6.07, 6.45) is 0. The zero-order valence-corrected chi connectivity index (χ0v) is 12.2. The van der Waals surface area contributed by atoms with Gasteiger partial charge < -0.3 is 10.6 Å². The number of anilines is 1. The fraction of sp³-hybridized carbons (Fsp3) is 0.294. The summed E-state index contributed by atoms with van der Waals surface area (Å²) in [5.74, 6) is -0.224. The molecule has 0 aliphatic rings. The molecule has 0 aromatic heterocycles. The van der Waals surface area contributed by atoms with Gasteiger partial charge in [-0.2, -0.15) is 0 Å². The maximum Gasteiger partial charge on any atom is 0.123 e. The zero-order chi connectivity index (χ0) is 14.7. The number of nitrogens with two attached hydrogens (primary N) is 1. The third-order valence-corrected chi connectivity index (χ3v) is 3.55. The molecule has 2 aromatic rings. The molecule has 1 atom stereocenters. The van der Waals surface area contributed by atoms with Crippen LogP contribution in [0.15, 0.2) is 42.5 Å². The highest BCUT2D eigenvalue weighted by molar-refractivity contribution is 5.49. The predicted molar refractivity (Wildman–Crippen MR) is 82.5 cm³/mol. The summed E-state index contributed by atoms with van der Waals surface area (Å²) < 4.78 is 13.0. The van der Waals surface area contributed by atoms with Crippen LogP contribution in [0.3, 0.4) is 0 Å². The van der Waals surface area contributed by atoms with E-state index in [0.717, 1.165) is 5.69 Å². The summed E-state index contributed by atoms with van der Waals surface area (Å²) in [5.41, 5.74) is 10.6. The summed E-state index contributed by atoms with van der Waals surface area (Å²) in [5, 5.41) is 0. The van der Waals surface area contributed by atoms with E-state index in [2.05, 4.69) is 36.9 Å². The number of aryl methyl sites for hydroxylation is 2. The van der Waals surface area contributed by atoms with Crippen molar-refractivity contribution < 1.29 is 4.39 Å². The first kappa shape index (κ1) is 14.5. The van der Waals surface area contributed by atoms with Crippen molar-refractivity contribution in [3.63, 3.8) is 0 Å². The molecule has 0 amide bonds. The van der Waals surface area contributed by atoms with Crippen molar-refractivity contribution in [1.82, 2.24) is 0 Å². The summed E-state index contributed by atoms with van der Waals surface area (Å²) in [6, 6.07) is 13.0. The van der Waals surface area contributed by atoms with Gasteiger partial charge in [0.1, 0.15) is 5.82 Å². The molecule has 0 saturated heterocycles. The molecule has 0 saturated carbocycles. The third kappa shape index (κ3) is 3.17. The van der Waals surface area contributed by atoms with Gasteiger partial charge in [-0.3, -0.25) is 0 Å². The van der Waals surface area contributed by atoms with Crippen LogP contribution < -0.4 is 10.6 Å². The van der Waals surface area contributed by atoms with E-state index in [4.69, 9.17) is 5.73 Å². The van der Waals surface area contributed by atoms with Crippen molar-refractivity contribution >= 4 is 5.69 Å². The number of hydrogen-bond donors (Lipinski definition) is 1. The van der Waals surface area contributed by atoms with Crippen LogP contribution in [0.25, 0.3) is 0 Å². The van der Waals surface area contributed by atoms with Gasteiger partial charge in [-0.05, 0) is 43.7 Å². The topological polar surface area (TPSA) is 29.3 Å². The molecule has 2 N–H and O–H groups in total. The highest BCUT2D eigenvalue weighted by atomic mass is 19.1. The van der Waals surface area contributed by atoms with Crippen molar-refractivity contribution in [3.8, 4) is 0 Å². The normalized spacial score (nSPS) is 12.2. The minimum atomic E-state index is -0.224. The fourth-order valence-corrected chi connectivity index (χ4v) is 2.58. The van der Waals surface area contributed by atoms with Gasteiger partial charge in [0.05, 0.1) is 6.04 Å². The van der Waals surface area contributed by atoms with E-state index in [1.54, 1.807) is 12.1 Å². The Kier molecular flexibility index (Phi) is 4.40. The molecule has 1 unspecified atom stereocenters. The Morgan fingerprint density at radius 2 is 1.60 bits per heavy atom. The van der Waals surface area contributed by atoms with Crippen LogP contribution in [0.2, 0.25) is 0 Å². The molecule has 0 aliphatic carbocycles. The molecule has 0 spiro atoms. The molecule has 0 aliphatic heterocycles. The van der Waals surface area contributed by atoms with E-state index in [0.29, 0.717) is 6.54 Å². The van der Waals surface area contributed by atoms with Gasteiger partial charge in [0.2, 0.25) is 0 Å². The quantitative estimate of drug-likeness (QED) is 0.921. The van der Waals surface area contributed by atoms with Crippen LogP contribution in [0.5, 0.6) is 0 Å². The maximum absolute atomic E-state index is 13.0. The smallest absolute Gasteiger partial charge is 0.123 e. The van der Waals surface area contributed by atoms with Gasteiger partial charge in [0.15, 0.2) is 0 Å². The fourth-order valence-electron chi connectivity index (χ4n) is 2.58. The van der Waals surface area contributed by atoms with Crippen molar-refractivity contribution in [2.45, 2.75) is 19.9 Å². The summed E-state index contributed by atoms with van der Waals surface area (Å²) in [6.45, 7) is 4.68. The summed E-state index contributed by atoms with van der Waals surface area (Å²) in [7, 11) is 1.99. The first-order valence-corrected chi connectivity index (χ1v) is 6.78. The molecule has 106 valence electrons. The van der Waals surface area contributed by atoms with Gasteiger partial charge in [0, 0.05) is 19.3 Å². The maximum atomic E-state index is 13.0. The second-order valence-corrected chi connectivity index (χ2v) is 5.26. The molecule has 2 rings (SSSR count). The van der Waals surface area contributed by atoms with Crippen LogP contribution in [-0.4, -0.2) is 13.6 Å². The van der Waals surface area contributed by atoms with E-state index in [-0.39, 0.29) is 11.9 Å². The van der Waals surface area contributed by atoms with Gasteiger partial charge in [-0.1, -0.05) is 29.3 Å². The average Bonchev–Trinajstić information content (AvgIpc) is 2.39. The second-order valence-electron chi connectivity index (χ2n) is 5.26. The first-order chi connectivity index (χ1) is 9.51. The lowest BCUT2D eigenvalue weighted by molar-refractivity contribution is 0.626. The van der Waals surface area contributed by atoms with Crippen LogP contribution in [-0.2, 0) is 0 Å². The molecule has 3 heteroatoms. The van der Waals surface area contributed by atoms with Crippen LogP contribution in [0, 0.1) is 19.7 Å². The Morgan fingerprint density at radius 1 is 1.05 bits per heavy atom. The van der Waals surface area contributed by atoms with Gasteiger partial charge in [-0.15, -0.1) is 0 Å². The standard InChI is InChI=1S/C17H21FN2/c1-12-8-13(2)10-14(9-12)17(11-19)20(3)16-6-4-15(18)5-7-16/h4-10,17H,11,19H2,1-3H3. The highest BCUT2D eigenvalue weighted by Crippen LogP contribution is 2.26. The Balaban J connectivity index is 2.33. The number of halogens is 1. The SMILES string of the molecule is Cc1cc(C)cc(C(CN)N(C)c2ccc(F)cc2)c1. The Labute approximate surface area is 120 Å². The number of benzene rings is 2. The molecular formula is C17H21FN2. The predicted octanol–water partition coefficient (Wildman–Crippen LogP) is 3.58. The lowest BCUT2D eigenvalue weighted by atomic mass is 10.00. The van der Waals surface area contributed by atoms with Crippen LogP contribution >= 0.6 is 0 Å².